The Hall–Kier alpha value is -2.11. The number of hydrogen-bond donors (Lipinski definition) is 0. The fourth-order valence-electron chi connectivity index (χ4n) is 1.76. The van der Waals surface area contributed by atoms with Crippen LogP contribution >= 0.6 is 0 Å². The standard InChI is InChI=1S/C13H9F4NO/c1-8-2-3-11(14)5-12(8)9-4-10(13(15,16)17)7-18(19)6-9/h2-7H,1H3. The van der Waals surface area contributed by atoms with Crippen molar-refractivity contribution < 1.29 is 22.3 Å². The molecule has 0 saturated heterocycles. The summed E-state index contributed by atoms with van der Waals surface area (Å²) in [5.41, 5.74) is -0.193. The molecule has 0 atom stereocenters. The number of rotatable bonds is 1. The van der Waals surface area contributed by atoms with Crippen molar-refractivity contribution in [3.63, 3.8) is 0 Å². The molecule has 1 aromatic carbocycles. The van der Waals surface area contributed by atoms with Gasteiger partial charge in [0.1, 0.15) is 11.4 Å². The fourth-order valence-corrected chi connectivity index (χ4v) is 1.76. The van der Waals surface area contributed by atoms with Crippen LogP contribution in [0.3, 0.4) is 0 Å². The summed E-state index contributed by atoms with van der Waals surface area (Å²) in [5, 5.41) is 11.3. The highest BCUT2D eigenvalue weighted by Crippen LogP contribution is 2.32. The van der Waals surface area contributed by atoms with Gasteiger partial charge in [-0.1, -0.05) is 6.07 Å². The van der Waals surface area contributed by atoms with Crippen LogP contribution in [-0.2, 0) is 6.18 Å². The predicted molar refractivity (Wildman–Crippen MR) is 60.5 cm³/mol. The molecule has 0 bridgehead atoms. The lowest BCUT2D eigenvalue weighted by Crippen LogP contribution is -2.27. The molecule has 19 heavy (non-hydrogen) atoms. The number of alkyl halides is 3. The highest BCUT2D eigenvalue weighted by molar-refractivity contribution is 5.66. The highest BCUT2D eigenvalue weighted by atomic mass is 19.4. The van der Waals surface area contributed by atoms with Gasteiger partial charge in [-0.25, -0.2) is 4.39 Å². The van der Waals surface area contributed by atoms with Gasteiger partial charge >= 0.3 is 6.18 Å². The van der Waals surface area contributed by atoms with Gasteiger partial charge in [-0.15, -0.1) is 0 Å². The van der Waals surface area contributed by atoms with Crippen LogP contribution in [0.5, 0.6) is 0 Å². The number of hydrogen-bond acceptors (Lipinski definition) is 1. The van der Waals surface area contributed by atoms with Crippen LogP contribution in [-0.4, -0.2) is 0 Å². The number of halogens is 4. The Kier molecular flexibility index (Phi) is 3.18. The van der Waals surface area contributed by atoms with Crippen LogP contribution in [0.25, 0.3) is 11.1 Å². The second-order valence-corrected chi connectivity index (χ2v) is 4.13. The van der Waals surface area contributed by atoms with Gasteiger partial charge in [0.25, 0.3) is 0 Å². The van der Waals surface area contributed by atoms with Crippen molar-refractivity contribution in [3.05, 3.63) is 58.8 Å². The Morgan fingerprint density at radius 1 is 1.11 bits per heavy atom. The van der Waals surface area contributed by atoms with Gasteiger partial charge < -0.3 is 5.21 Å². The van der Waals surface area contributed by atoms with Crippen LogP contribution < -0.4 is 4.73 Å². The SMILES string of the molecule is Cc1ccc(F)cc1-c1cc(C(F)(F)F)c[n+]([O-])c1. The van der Waals surface area contributed by atoms with Crippen molar-refractivity contribution in [2.75, 3.05) is 0 Å². The van der Waals surface area contributed by atoms with Gasteiger partial charge in [-0.2, -0.15) is 17.9 Å². The predicted octanol–water partition coefficient (Wildman–Crippen LogP) is 3.45. The molecule has 0 saturated carbocycles. The first kappa shape index (κ1) is 13.3. The van der Waals surface area contributed by atoms with E-state index in [9.17, 15) is 22.8 Å². The molecule has 0 spiro atoms. The first-order chi connectivity index (χ1) is 8.77. The van der Waals surface area contributed by atoms with Crippen molar-refractivity contribution >= 4 is 0 Å². The minimum absolute atomic E-state index is 0.0295. The van der Waals surface area contributed by atoms with Crippen LogP contribution in [0, 0.1) is 17.9 Å². The number of benzene rings is 1. The van der Waals surface area contributed by atoms with Gasteiger partial charge in [0.2, 0.25) is 0 Å². The molecule has 0 N–H and O–H groups in total. The Bertz CT molecular complexity index is 623. The minimum atomic E-state index is -4.62. The molecule has 0 fully saturated rings. The Labute approximate surface area is 106 Å². The van der Waals surface area contributed by atoms with E-state index in [2.05, 4.69) is 0 Å². The molecule has 0 aliphatic carbocycles. The molecule has 0 radical (unpaired) electrons. The molecule has 2 rings (SSSR count). The number of pyridine rings is 1. The highest BCUT2D eigenvalue weighted by Gasteiger charge is 2.33. The van der Waals surface area contributed by atoms with E-state index in [0.717, 1.165) is 18.3 Å². The number of aryl methyl sites for hydroxylation is 1. The number of aromatic nitrogens is 1. The molecule has 100 valence electrons. The summed E-state index contributed by atoms with van der Waals surface area (Å²) in [4.78, 5) is 0. The molecule has 1 aromatic heterocycles. The second kappa shape index (κ2) is 4.53. The van der Waals surface area contributed by atoms with Crippen LogP contribution in [0.15, 0.2) is 36.7 Å². The van der Waals surface area contributed by atoms with Gasteiger partial charge in [-0.05, 0) is 36.2 Å². The summed E-state index contributed by atoms with van der Waals surface area (Å²) in [6.07, 6.45) is -3.20. The molecule has 0 amide bonds. The minimum Gasteiger partial charge on any atom is -0.619 e. The van der Waals surface area contributed by atoms with Crippen molar-refractivity contribution in [2.24, 2.45) is 0 Å². The van der Waals surface area contributed by atoms with E-state index in [1.807, 2.05) is 0 Å². The van der Waals surface area contributed by atoms with E-state index in [-0.39, 0.29) is 15.9 Å². The summed E-state index contributed by atoms with van der Waals surface area (Å²) < 4.78 is 51.1. The third kappa shape index (κ3) is 2.83. The molecule has 0 unspecified atom stereocenters. The number of nitrogens with zero attached hydrogens (tertiary/aromatic N) is 1. The van der Waals surface area contributed by atoms with E-state index >= 15 is 0 Å². The van der Waals surface area contributed by atoms with E-state index in [1.165, 1.54) is 12.1 Å². The smallest absolute Gasteiger partial charge is 0.422 e. The van der Waals surface area contributed by atoms with Crippen molar-refractivity contribution in [1.82, 2.24) is 0 Å². The van der Waals surface area contributed by atoms with Crippen LogP contribution in [0.2, 0.25) is 0 Å². The second-order valence-electron chi connectivity index (χ2n) is 4.13. The molecule has 1 heterocycles. The van der Waals surface area contributed by atoms with Crippen LogP contribution in [0.1, 0.15) is 11.1 Å². The molecule has 2 nitrogen and oxygen atoms in total. The molecular formula is C13H9F4NO. The van der Waals surface area contributed by atoms with Gasteiger partial charge in [0.05, 0.1) is 0 Å². The maximum Gasteiger partial charge on any atom is 0.422 e. The first-order valence-electron chi connectivity index (χ1n) is 5.35. The van der Waals surface area contributed by atoms with Gasteiger partial charge in [0.15, 0.2) is 12.4 Å². The molecule has 0 aliphatic rings. The largest absolute Gasteiger partial charge is 0.619 e. The van der Waals surface area contributed by atoms with Crippen LogP contribution in [0.4, 0.5) is 17.6 Å². The van der Waals surface area contributed by atoms with E-state index in [0.29, 0.717) is 11.8 Å². The van der Waals surface area contributed by atoms with E-state index < -0.39 is 17.6 Å². The lowest BCUT2D eigenvalue weighted by Gasteiger charge is -2.10. The monoisotopic (exact) mass is 271 g/mol. The van der Waals surface area contributed by atoms with Gasteiger partial charge in [-0.3, -0.25) is 0 Å². The van der Waals surface area contributed by atoms with Crippen molar-refractivity contribution in [1.29, 1.82) is 0 Å². The van der Waals surface area contributed by atoms with E-state index in [4.69, 9.17) is 0 Å². The Balaban J connectivity index is 2.63. The zero-order valence-electron chi connectivity index (χ0n) is 9.83. The summed E-state index contributed by atoms with van der Waals surface area (Å²) in [5.74, 6) is -0.574. The van der Waals surface area contributed by atoms with E-state index in [1.54, 1.807) is 6.92 Å². The summed E-state index contributed by atoms with van der Waals surface area (Å²) in [7, 11) is 0. The molecule has 2 aromatic rings. The zero-order valence-corrected chi connectivity index (χ0v) is 9.83. The third-order valence-corrected chi connectivity index (χ3v) is 2.68. The normalized spacial score (nSPS) is 11.6. The Morgan fingerprint density at radius 3 is 2.42 bits per heavy atom. The zero-order chi connectivity index (χ0) is 14.2. The average Bonchev–Trinajstić information content (AvgIpc) is 2.30. The first-order valence-corrected chi connectivity index (χ1v) is 5.35. The van der Waals surface area contributed by atoms with Crippen molar-refractivity contribution in [2.45, 2.75) is 13.1 Å². The quantitative estimate of drug-likeness (QED) is 0.443. The topological polar surface area (TPSA) is 26.9 Å². The molecule has 0 aliphatic heterocycles. The third-order valence-electron chi connectivity index (χ3n) is 2.68. The summed E-state index contributed by atoms with van der Waals surface area (Å²) >= 11 is 0. The maximum atomic E-state index is 13.2. The maximum absolute atomic E-state index is 13.2. The average molecular weight is 271 g/mol. The fraction of sp³-hybridized carbons (Fsp3) is 0.154. The lowest BCUT2D eigenvalue weighted by molar-refractivity contribution is -0.606. The lowest BCUT2D eigenvalue weighted by atomic mass is 10.0. The molecule has 6 heteroatoms. The molecular weight excluding hydrogens is 262 g/mol. The van der Waals surface area contributed by atoms with Gasteiger partial charge in [0, 0.05) is 5.56 Å². The van der Waals surface area contributed by atoms with Crippen molar-refractivity contribution in [3.8, 4) is 11.1 Å². The Morgan fingerprint density at radius 2 is 1.79 bits per heavy atom. The summed E-state index contributed by atoms with van der Waals surface area (Å²) in [6, 6.07) is 4.58. The summed E-state index contributed by atoms with van der Waals surface area (Å²) in [6.45, 7) is 1.63.